The normalized spacial score (nSPS) is 12.8. The second kappa shape index (κ2) is 8.04. The van der Waals surface area contributed by atoms with E-state index >= 15 is 0 Å². The Labute approximate surface area is 89.1 Å². The first-order valence-corrected chi connectivity index (χ1v) is 3.12. The molecule has 0 aliphatic heterocycles. The molecular weight excluding hydrogens is 233 g/mol. The molecule has 68 valence electrons. The van der Waals surface area contributed by atoms with Gasteiger partial charge in [0, 0.05) is 0 Å². The minimum absolute atomic E-state index is 0. The van der Waals surface area contributed by atoms with Gasteiger partial charge in [-0.3, -0.25) is 0 Å². The molecule has 0 aromatic heterocycles. The van der Waals surface area contributed by atoms with Crippen molar-refractivity contribution in [3.63, 3.8) is 0 Å². The Balaban J connectivity index is -0.000000142. The molecule has 0 aliphatic rings. The van der Waals surface area contributed by atoms with Crippen LogP contribution in [-0.4, -0.2) is 56.9 Å². The van der Waals surface area contributed by atoms with Crippen LogP contribution >= 0.6 is 15.9 Å². The van der Waals surface area contributed by atoms with Gasteiger partial charge in [-0.05, 0) is 22.9 Å². The summed E-state index contributed by atoms with van der Waals surface area (Å²) in [5, 5.41) is 29.3. The fraction of sp³-hybridized carbons (Fsp3) is 0.667. The number of carbonyl (C=O) groups is 1. The molecule has 0 spiro atoms. The van der Waals surface area contributed by atoms with E-state index < -0.39 is 17.9 Å². The monoisotopic (exact) mass is 240 g/mol. The Bertz CT molecular complexity index is 126. The average molecular weight is 241 g/mol. The van der Waals surface area contributed by atoms with Crippen LogP contribution in [-0.2, 0) is 4.79 Å². The fourth-order valence-corrected chi connectivity index (χ4v) is 0. The van der Waals surface area contributed by atoms with Gasteiger partial charge in [-0.1, -0.05) is 0 Å². The van der Waals surface area contributed by atoms with Crippen LogP contribution in [0, 0.1) is 0 Å². The van der Waals surface area contributed by atoms with E-state index in [2.05, 4.69) is 15.9 Å². The van der Waals surface area contributed by atoms with Crippen molar-refractivity contribution in [2.24, 2.45) is 0 Å². The molecular formula is C3H8BBrFLiO5. The molecule has 0 aromatic carbocycles. The fourth-order valence-electron chi connectivity index (χ4n) is 0. The maximum absolute atomic E-state index is 11.8. The Morgan fingerprint density at radius 3 is 1.58 bits per heavy atom. The molecule has 12 heavy (non-hydrogen) atoms. The molecule has 0 bridgehead atoms. The van der Waals surface area contributed by atoms with Crippen molar-refractivity contribution in [2.45, 2.75) is 11.5 Å². The molecule has 0 saturated heterocycles. The Morgan fingerprint density at radius 2 is 1.58 bits per heavy atom. The van der Waals surface area contributed by atoms with E-state index in [4.69, 9.17) is 20.2 Å². The van der Waals surface area contributed by atoms with Crippen LogP contribution in [0.3, 0.4) is 0 Å². The summed E-state index contributed by atoms with van der Waals surface area (Å²) in [4.78, 5) is 9.60. The van der Waals surface area contributed by atoms with Crippen LogP contribution in [0.15, 0.2) is 0 Å². The van der Waals surface area contributed by atoms with Crippen molar-refractivity contribution in [1.29, 1.82) is 0 Å². The molecule has 5 nitrogen and oxygen atoms in total. The van der Waals surface area contributed by atoms with E-state index in [-0.39, 0.29) is 18.9 Å². The van der Waals surface area contributed by atoms with E-state index in [0.29, 0.717) is 0 Å². The van der Waals surface area contributed by atoms with E-state index in [0.717, 1.165) is 6.92 Å². The quantitative estimate of drug-likeness (QED) is 0.329. The summed E-state index contributed by atoms with van der Waals surface area (Å²) in [6.45, 7) is 0.912. The number of carboxylic acid groups (broad SMARTS) is 1. The van der Waals surface area contributed by atoms with Gasteiger partial charge in [0.05, 0.1) is 0 Å². The van der Waals surface area contributed by atoms with E-state index in [1.54, 1.807) is 0 Å². The maximum atomic E-state index is 11.8. The van der Waals surface area contributed by atoms with Gasteiger partial charge in [-0.25, -0.2) is 9.18 Å². The van der Waals surface area contributed by atoms with Gasteiger partial charge in [0.2, 0.25) is 0 Å². The zero-order valence-corrected chi connectivity index (χ0v) is 7.12. The van der Waals surface area contributed by atoms with Gasteiger partial charge in [0.1, 0.15) is 0 Å². The van der Waals surface area contributed by atoms with Crippen molar-refractivity contribution >= 4 is 48.1 Å². The van der Waals surface area contributed by atoms with Crippen molar-refractivity contribution in [3.05, 3.63) is 0 Å². The minimum atomic E-state index is -2.27. The Morgan fingerprint density at radius 1 is 1.50 bits per heavy atom. The van der Waals surface area contributed by atoms with Crippen molar-refractivity contribution < 1.29 is 29.4 Å². The average Bonchev–Trinajstić information content (AvgIpc) is 1.59. The predicted molar refractivity (Wildman–Crippen MR) is 45.6 cm³/mol. The standard InChI is InChI=1S/C3H4BrFO2.BH3O3.Li.H/c1-3(4,5)2(6)7;2-1(3)4;;/h1H3,(H,6,7);2-4H;;. The molecule has 0 heterocycles. The summed E-state index contributed by atoms with van der Waals surface area (Å²) in [5.74, 6) is -1.51. The zero-order valence-electron chi connectivity index (χ0n) is 5.53. The molecule has 0 amide bonds. The predicted octanol–water partition coefficient (Wildman–Crippen LogP) is -1.55. The zero-order chi connectivity index (χ0) is 9.65. The molecule has 0 fully saturated rings. The topological polar surface area (TPSA) is 98.0 Å². The SMILES string of the molecule is CC(F)(Br)C(=O)O.OB(O)O.[LiH]. The number of rotatable bonds is 1. The first-order chi connectivity index (χ1) is 4.68. The van der Waals surface area contributed by atoms with Crippen LogP contribution < -0.4 is 0 Å². The third-order valence-corrected chi connectivity index (χ3v) is 0.715. The molecule has 0 aliphatic carbocycles. The van der Waals surface area contributed by atoms with Crippen molar-refractivity contribution in [3.8, 4) is 0 Å². The number of halogens is 2. The van der Waals surface area contributed by atoms with Gasteiger partial charge in [0.25, 0.3) is 4.58 Å². The number of hydrogen-bond donors (Lipinski definition) is 4. The van der Waals surface area contributed by atoms with Crippen molar-refractivity contribution in [1.82, 2.24) is 0 Å². The van der Waals surface area contributed by atoms with Crippen LogP contribution in [0.1, 0.15) is 6.92 Å². The number of alkyl halides is 2. The summed E-state index contributed by atoms with van der Waals surface area (Å²) in [7, 11) is -2.17. The van der Waals surface area contributed by atoms with Crippen LogP contribution in [0.5, 0.6) is 0 Å². The van der Waals surface area contributed by atoms with Gasteiger partial charge >= 0.3 is 32.2 Å². The van der Waals surface area contributed by atoms with Crippen LogP contribution in [0.4, 0.5) is 4.39 Å². The van der Waals surface area contributed by atoms with Crippen LogP contribution in [0.25, 0.3) is 0 Å². The third kappa shape index (κ3) is 22.4. The summed E-state index contributed by atoms with van der Waals surface area (Å²) in [6.07, 6.45) is 0. The van der Waals surface area contributed by atoms with Crippen molar-refractivity contribution in [2.75, 3.05) is 0 Å². The summed E-state index contributed by atoms with van der Waals surface area (Å²) < 4.78 is 9.56. The summed E-state index contributed by atoms with van der Waals surface area (Å²) >= 11 is 2.28. The molecule has 0 saturated carbocycles. The van der Waals surface area contributed by atoms with Gasteiger partial charge < -0.3 is 20.2 Å². The first-order valence-electron chi connectivity index (χ1n) is 2.33. The summed E-state index contributed by atoms with van der Waals surface area (Å²) in [5.41, 5.74) is 0. The number of hydrogen-bond acceptors (Lipinski definition) is 4. The van der Waals surface area contributed by atoms with E-state index in [1.165, 1.54) is 0 Å². The molecule has 4 N–H and O–H groups in total. The molecule has 9 heteroatoms. The van der Waals surface area contributed by atoms with Crippen LogP contribution in [0.2, 0.25) is 0 Å². The molecule has 1 atom stereocenters. The molecule has 0 aromatic rings. The second-order valence-electron chi connectivity index (χ2n) is 1.54. The van der Waals surface area contributed by atoms with E-state index in [9.17, 15) is 9.18 Å². The van der Waals surface area contributed by atoms with Gasteiger partial charge in [-0.15, -0.1) is 0 Å². The summed E-state index contributed by atoms with van der Waals surface area (Å²) in [6, 6.07) is 0. The number of aliphatic carboxylic acids is 1. The second-order valence-corrected chi connectivity index (χ2v) is 3.03. The van der Waals surface area contributed by atoms with E-state index in [1.807, 2.05) is 0 Å². The Hall–Kier alpha value is 0.422. The molecule has 0 rings (SSSR count). The third-order valence-electron chi connectivity index (χ3n) is 0.376. The first kappa shape index (κ1) is 18.3. The molecule has 0 radical (unpaired) electrons. The van der Waals surface area contributed by atoms with Gasteiger partial charge in [0.15, 0.2) is 0 Å². The number of carboxylic acids is 1. The molecule has 1 unspecified atom stereocenters. The van der Waals surface area contributed by atoms with Gasteiger partial charge in [-0.2, -0.15) is 0 Å². The Kier molecular flexibility index (Phi) is 12.2.